The van der Waals surface area contributed by atoms with Gasteiger partial charge in [0.05, 0.1) is 6.10 Å². The summed E-state index contributed by atoms with van der Waals surface area (Å²) < 4.78 is 5.57. The molecular formula is C14H18O2. The Morgan fingerprint density at radius 1 is 1.38 bits per heavy atom. The molecule has 1 aromatic rings. The Kier molecular flexibility index (Phi) is 5.63. The maximum absolute atomic E-state index is 10.0. The van der Waals surface area contributed by atoms with Gasteiger partial charge in [0, 0.05) is 13.0 Å². The quantitative estimate of drug-likeness (QED) is 0.743. The molecule has 0 aliphatic heterocycles. The molecule has 2 atom stereocenters. The average Bonchev–Trinajstić information content (AvgIpc) is 2.34. The molecule has 0 amide bonds. The average molecular weight is 218 g/mol. The van der Waals surface area contributed by atoms with Crippen molar-refractivity contribution in [1.82, 2.24) is 0 Å². The lowest BCUT2D eigenvalue weighted by molar-refractivity contribution is -0.0370. The Bertz CT molecular complexity index is 326. The van der Waals surface area contributed by atoms with Gasteiger partial charge in [-0.05, 0) is 18.9 Å². The van der Waals surface area contributed by atoms with E-state index in [0.29, 0.717) is 19.4 Å². The molecule has 86 valence electrons. The summed E-state index contributed by atoms with van der Waals surface area (Å²) in [6.45, 7) is 2.50. The monoisotopic (exact) mass is 218 g/mol. The summed E-state index contributed by atoms with van der Waals surface area (Å²) >= 11 is 0. The molecule has 2 heteroatoms. The topological polar surface area (TPSA) is 29.5 Å². The van der Waals surface area contributed by atoms with Crippen LogP contribution in [0.4, 0.5) is 0 Å². The number of rotatable bonds is 6. The van der Waals surface area contributed by atoms with Crippen molar-refractivity contribution in [2.75, 3.05) is 6.61 Å². The molecule has 0 bridgehead atoms. The van der Waals surface area contributed by atoms with Gasteiger partial charge in [0.15, 0.2) is 0 Å². The van der Waals surface area contributed by atoms with Crippen LogP contribution in [0.25, 0.3) is 0 Å². The summed E-state index contributed by atoms with van der Waals surface area (Å²) in [5.41, 5.74) is 0.994. The Balaban J connectivity index is 2.71. The van der Waals surface area contributed by atoms with Crippen molar-refractivity contribution < 1.29 is 9.84 Å². The Hall–Kier alpha value is -1.30. The van der Waals surface area contributed by atoms with Gasteiger partial charge in [-0.1, -0.05) is 30.3 Å². The highest BCUT2D eigenvalue weighted by Gasteiger charge is 2.20. The summed E-state index contributed by atoms with van der Waals surface area (Å²) in [5.74, 6) is 2.53. The van der Waals surface area contributed by atoms with Gasteiger partial charge in [0.1, 0.15) is 6.10 Å². The van der Waals surface area contributed by atoms with E-state index in [4.69, 9.17) is 11.2 Å². The standard InChI is InChI=1S/C14H18O2/c1-3-5-11-13(15)14(16-4-2)12-9-7-6-8-10-12/h1,6-10,13-15H,4-5,11H2,2H3. The van der Waals surface area contributed by atoms with E-state index in [1.54, 1.807) is 0 Å². The van der Waals surface area contributed by atoms with Crippen molar-refractivity contribution in [3.8, 4) is 12.3 Å². The van der Waals surface area contributed by atoms with Crippen LogP contribution in [0.5, 0.6) is 0 Å². The minimum absolute atomic E-state index is 0.278. The van der Waals surface area contributed by atoms with Gasteiger partial charge >= 0.3 is 0 Å². The van der Waals surface area contributed by atoms with Gasteiger partial charge in [-0.15, -0.1) is 12.3 Å². The van der Waals surface area contributed by atoms with Crippen LogP contribution in [0.1, 0.15) is 31.4 Å². The minimum Gasteiger partial charge on any atom is -0.390 e. The second-order valence-corrected chi connectivity index (χ2v) is 3.60. The van der Waals surface area contributed by atoms with Gasteiger partial charge in [0.2, 0.25) is 0 Å². The number of hydrogen-bond acceptors (Lipinski definition) is 2. The molecular weight excluding hydrogens is 200 g/mol. The zero-order valence-electron chi connectivity index (χ0n) is 9.60. The number of benzene rings is 1. The van der Waals surface area contributed by atoms with Crippen LogP contribution in [-0.2, 0) is 4.74 Å². The lowest BCUT2D eigenvalue weighted by atomic mass is 10.0. The van der Waals surface area contributed by atoms with Crippen molar-refractivity contribution in [2.45, 2.75) is 32.0 Å². The van der Waals surface area contributed by atoms with Gasteiger partial charge in [-0.25, -0.2) is 0 Å². The summed E-state index contributed by atoms with van der Waals surface area (Å²) in [5, 5.41) is 10.0. The van der Waals surface area contributed by atoms with Crippen LogP contribution >= 0.6 is 0 Å². The number of ether oxygens (including phenoxy) is 1. The van der Waals surface area contributed by atoms with Crippen molar-refractivity contribution in [3.05, 3.63) is 35.9 Å². The predicted molar refractivity (Wildman–Crippen MR) is 64.9 cm³/mol. The van der Waals surface area contributed by atoms with Crippen molar-refractivity contribution in [2.24, 2.45) is 0 Å². The number of aliphatic hydroxyl groups excluding tert-OH is 1. The van der Waals surface area contributed by atoms with E-state index in [1.165, 1.54) is 0 Å². The highest BCUT2D eigenvalue weighted by molar-refractivity contribution is 5.18. The molecule has 0 spiro atoms. The molecule has 2 unspecified atom stereocenters. The summed E-state index contributed by atoms with van der Waals surface area (Å²) in [4.78, 5) is 0. The summed E-state index contributed by atoms with van der Waals surface area (Å²) in [6.07, 6.45) is 5.50. The minimum atomic E-state index is -0.543. The molecule has 1 N–H and O–H groups in total. The predicted octanol–water partition coefficient (Wildman–Crippen LogP) is 2.54. The van der Waals surface area contributed by atoms with Gasteiger partial charge < -0.3 is 9.84 Å². The molecule has 0 radical (unpaired) electrons. The van der Waals surface area contributed by atoms with E-state index in [1.807, 2.05) is 37.3 Å². The zero-order chi connectivity index (χ0) is 11.8. The van der Waals surface area contributed by atoms with Crippen LogP contribution in [-0.4, -0.2) is 17.8 Å². The second-order valence-electron chi connectivity index (χ2n) is 3.60. The van der Waals surface area contributed by atoms with Crippen molar-refractivity contribution in [3.63, 3.8) is 0 Å². The molecule has 2 nitrogen and oxygen atoms in total. The van der Waals surface area contributed by atoms with E-state index in [2.05, 4.69) is 5.92 Å². The Labute approximate surface area is 97.3 Å². The molecule has 0 aliphatic rings. The molecule has 0 fully saturated rings. The first kappa shape index (κ1) is 12.8. The van der Waals surface area contributed by atoms with E-state index in [9.17, 15) is 5.11 Å². The Morgan fingerprint density at radius 2 is 2.06 bits per heavy atom. The maximum atomic E-state index is 10.0. The summed E-state index contributed by atoms with van der Waals surface area (Å²) in [6, 6.07) is 9.74. The van der Waals surface area contributed by atoms with E-state index in [-0.39, 0.29) is 6.10 Å². The van der Waals surface area contributed by atoms with E-state index in [0.717, 1.165) is 5.56 Å². The second kappa shape index (κ2) is 7.05. The third-order valence-corrected chi connectivity index (χ3v) is 2.41. The third kappa shape index (κ3) is 3.69. The molecule has 1 rings (SSSR count). The molecule has 0 aromatic heterocycles. The normalized spacial score (nSPS) is 14.1. The van der Waals surface area contributed by atoms with Gasteiger partial charge in [-0.3, -0.25) is 0 Å². The fourth-order valence-electron chi connectivity index (χ4n) is 1.63. The third-order valence-electron chi connectivity index (χ3n) is 2.41. The van der Waals surface area contributed by atoms with E-state index >= 15 is 0 Å². The van der Waals surface area contributed by atoms with Crippen molar-refractivity contribution >= 4 is 0 Å². The summed E-state index contributed by atoms with van der Waals surface area (Å²) in [7, 11) is 0. The van der Waals surface area contributed by atoms with Gasteiger partial charge in [0.25, 0.3) is 0 Å². The number of aliphatic hydroxyl groups is 1. The fraction of sp³-hybridized carbons (Fsp3) is 0.429. The lowest BCUT2D eigenvalue weighted by Gasteiger charge is -2.22. The largest absolute Gasteiger partial charge is 0.390 e. The first-order valence-corrected chi connectivity index (χ1v) is 5.57. The van der Waals surface area contributed by atoms with Crippen LogP contribution in [0.15, 0.2) is 30.3 Å². The van der Waals surface area contributed by atoms with Crippen LogP contribution in [0.2, 0.25) is 0 Å². The van der Waals surface area contributed by atoms with E-state index < -0.39 is 6.10 Å². The van der Waals surface area contributed by atoms with Gasteiger partial charge in [-0.2, -0.15) is 0 Å². The van der Waals surface area contributed by atoms with Crippen LogP contribution < -0.4 is 0 Å². The number of hydrogen-bond donors (Lipinski definition) is 1. The first-order valence-electron chi connectivity index (χ1n) is 5.57. The fourth-order valence-corrected chi connectivity index (χ4v) is 1.63. The molecule has 0 heterocycles. The van der Waals surface area contributed by atoms with Crippen LogP contribution in [0.3, 0.4) is 0 Å². The molecule has 16 heavy (non-hydrogen) atoms. The maximum Gasteiger partial charge on any atom is 0.108 e. The molecule has 0 aliphatic carbocycles. The van der Waals surface area contributed by atoms with Crippen LogP contribution in [0, 0.1) is 12.3 Å². The molecule has 0 saturated heterocycles. The molecule has 0 saturated carbocycles. The lowest BCUT2D eigenvalue weighted by Crippen LogP contribution is -2.21. The highest BCUT2D eigenvalue weighted by Crippen LogP contribution is 2.23. The Morgan fingerprint density at radius 3 is 2.62 bits per heavy atom. The SMILES string of the molecule is C#CCCC(O)C(OCC)c1ccccc1. The number of terminal acetylenes is 1. The zero-order valence-corrected chi connectivity index (χ0v) is 9.60. The highest BCUT2D eigenvalue weighted by atomic mass is 16.5. The smallest absolute Gasteiger partial charge is 0.108 e. The molecule has 1 aromatic carbocycles. The van der Waals surface area contributed by atoms with Crippen molar-refractivity contribution in [1.29, 1.82) is 0 Å². The first-order chi connectivity index (χ1) is 7.79.